The summed E-state index contributed by atoms with van der Waals surface area (Å²) >= 11 is 0. The molecule has 1 heterocycles. The number of nitriles is 1. The predicted molar refractivity (Wildman–Crippen MR) is 125 cm³/mol. The number of aliphatic imine (C=N–C) groups is 1. The van der Waals surface area contributed by atoms with E-state index in [4.69, 9.17) is 4.74 Å². The second-order valence-corrected chi connectivity index (χ2v) is 8.91. The van der Waals surface area contributed by atoms with Crippen LogP contribution in [0.4, 0.5) is 11.4 Å². The molecule has 0 bridgehead atoms. The summed E-state index contributed by atoms with van der Waals surface area (Å²) in [5.41, 5.74) is 1.05. The van der Waals surface area contributed by atoms with Crippen molar-refractivity contribution in [1.82, 2.24) is 4.57 Å². The number of methoxy groups -OCH3 is 1. The SMILES string of the molecule is COc1ccc(S(=O)(=O)Nc2ccccc2C)cc1N=Cc1c(C)c(C#N)c(=O)n(C)c1O. The quantitative estimate of drug-likeness (QED) is 0.536. The molecular weight excluding hydrogens is 444 g/mol. The van der Waals surface area contributed by atoms with Gasteiger partial charge in [-0.2, -0.15) is 5.26 Å². The van der Waals surface area contributed by atoms with Gasteiger partial charge in [0, 0.05) is 13.3 Å². The van der Waals surface area contributed by atoms with E-state index in [2.05, 4.69) is 9.71 Å². The number of aryl methyl sites for hydroxylation is 1. The average Bonchev–Trinajstić information content (AvgIpc) is 2.79. The normalized spacial score (nSPS) is 11.4. The van der Waals surface area contributed by atoms with Crippen LogP contribution in [0.25, 0.3) is 0 Å². The van der Waals surface area contributed by atoms with Gasteiger partial charge >= 0.3 is 0 Å². The highest BCUT2D eigenvalue weighted by atomic mass is 32.2. The first kappa shape index (κ1) is 23.6. The number of aromatic hydroxyl groups is 1. The molecule has 0 spiro atoms. The molecule has 0 atom stereocenters. The number of nitrogens with zero attached hydrogens (tertiary/aromatic N) is 3. The summed E-state index contributed by atoms with van der Waals surface area (Å²) in [5.74, 6) is -0.0761. The molecule has 0 saturated heterocycles. The summed E-state index contributed by atoms with van der Waals surface area (Å²) < 4.78 is 34.7. The number of para-hydroxylation sites is 1. The Bertz CT molecular complexity index is 1470. The van der Waals surface area contributed by atoms with Crippen LogP contribution in [0.5, 0.6) is 11.6 Å². The maximum Gasteiger partial charge on any atom is 0.271 e. The zero-order valence-corrected chi connectivity index (χ0v) is 19.3. The fourth-order valence-electron chi connectivity index (χ4n) is 3.16. The number of ether oxygens (including phenoxy) is 1. The summed E-state index contributed by atoms with van der Waals surface area (Å²) in [7, 11) is -1.18. The minimum absolute atomic E-state index is 0.0437. The van der Waals surface area contributed by atoms with E-state index in [0.717, 1.165) is 10.1 Å². The third-order valence-corrected chi connectivity index (χ3v) is 6.51. The molecule has 170 valence electrons. The Hall–Kier alpha value is -4.10. The van der Waals surface area contributed by atoms with Gasteiger partial charge in [-0.05, 0) is 49.2 Å². The van der Waals surface area contributed by atoms with Crippen LogP contribution in [-0.4, -0.2) is 31.4 Å². The first-order valence-electron chi connectivity index (χ1n) is 9.74. The molecule has 10 heteroatoms. The molecule has 3 aromatic rings. The smallest absolute Gasteiger partial charge is 0.271 e. The summed E-state index contributed by atoms with van der Waals surface area (Å²) in [6, 6.07) is 13.0. The summed E-state index contributed by atoms with van der Waals surface area (Å²) in [6.07, 6.45) is 1.26. The standard InChI is InChI=1S/C23H22N4O5S/c1-14-7-5-6-8-19(14)26-33(30,31)16-9-10-21(32-4)20(11-16)25-13-18-15(2)17(12-24)22(28)27(3)23(18)29/h5-11,13,26,29H,1-4H3. The van der Waals surface area contributed by atoms with Crippen LogP contribution in [0.1, 0.15) is 22.3 Å². The third-order valence-electron chi connectivity index (χ3n) is 5.15. The van der Waals surface area contributed by atoms with Gasteiger partial charge in [-0.25, -0.2) is 8.42 Å². The molecular formula is C23H22N4O5S. The van der Waals surface area contributed by atoms with Gasteiger partial charge in [0.05, 0.1) is 23.3 Å². The van der Waals surface area contributed by atoms with Crippen molar-refractivity contribution >= 4 is 27.6 Å². The molecule has 9 nitrogen and oxygen atoms in total. The molecule has 2 N–H and O–H groups in total. The fraction of sp³-hybridized carbons (Fsp3) is 0.174. The summed E-state index contributed by atoms with van der Waals surface area (Å²) in [4.78, 5) is 16.4. The Labute approximate surface area is 191 Å². The summed E-state index contributed by atoms with van der Waals surface area (Å²) in [5, 5.41) is 19.7. The monoisotopic (exact) mass is 466 g/mol. The molecule has 3 rings (SSSR count). The first-order valence-corrected chi connectivity index (χ1v) is 11.2. The van der Waals surface area contributed by atoms with Crippen LogP contribution in [0, 0.1) is 25.2 Å². The lowest BCUT2D eigenvalue weighted by Gasteiger charge is -2.12. The fourth-order valence-corrected chi connectivity index (χ4v) is 4.31. The van der Waals surface area contributed by atoms with E-state index < -0.39 is 15.6 Å². The molecule has 0 aliphatic heterocycles. The van der Waals surface area contributed by atoms with Crippen molar-refractivity contribution in [1.29, 1.82) is 5.26 Å². The van der Waals surface area contributed by atoms with E-state index in [1.54, 1.807) is 25.1 Å². The van der Waals surface area contributed by atoms with Crippen molar-refractivity contribution in [2.75, 3.05) is 11.8 Å². The van der Waals surface area contributed by atoms with E-state index >= 15 is 0 Å². The van der Waals surface area contributed by atoms with Crippen LogP contribution in [0.2, 0.25) is 0 Å². The maximum absolute atomic E-state index is 12.9. The number of rotatable bonds is 6. The van der Waals surface area contributed by atoms with E-state index in [1.165, 1.54) is 45.5 Å². The summed E-state index contributed by atoms with van der Waals surface area (Å²) in [6.45, 7) is 3.31. The highest BCUT2D eigenvalue weighted by molar-refractivity contribution is 7.92. The minimum atomic E-state index is -3.92. The molecule has 2 aromatic carbocycles. The van der Waals surface area contributed by atoms with Gasteiger partial charge in [0.1, 0.15) is 23.1 Å². The van der Waals surface area contributed by atoms with Crippen molar-refractivity contribution < 1.29 is 18.3 Å². The third kappa shape index (κ3) is 4.58. The van der Waals surface area contributed by atoms with Crippen LogP contribution in [0.15, 0.2) is 57.1 Å². The minimum Gasteiger partial charge on any atom is -0.494 e. The Morgan fingerprint density at radius 1 is 1.21 bits per heavy atom. The highest BCUT2D eigenvalue weighted by Crippen LogP contribution is 2.32. The number of sulfonamides is 1. The van der Waals surface area contributed by atoms with Crippen molar-refractivity contribution in [3.63, 3.8) is 0 Å². The number of hydrogen-bond donors (Lipinski definition) is 2. The number of aromatic nitrogens is 1. The maximum atomic E-state index is 12.9. The number of pyridine rings is 1. The van der Waals surface area contributed by atoms with Crippen molar-refractivity contribution in [2.24, 2.45) is 12.0 Å². The van der Waals surface area contributed by atoms with Gasteiger partial charge in [-0.1, -0.05) is 18.2 Å². The van der Waals surface area contributed by atoms with Crippen LogP contribution in [-0.2, 0) is 17.1 Å². The zero-order chi connectivity index (χ0) is 24.3. The largest absolute Gasteiger partial charge is 0.494 e. The lowest BCUT2D eigenvalue weighted by atomic mass is 10.1. The van der Waals surface area contributed by atoms with Crippen molar-refractivity contribution in [3.8, 4) is 17.7 Å². The predicted octanol–water partition coefficient (Wildman–Crippen LogP) is 3.14. The Kier molecular flexibility index (Phi) is 6.55. The molecule has 0 fully saturated rings. The lowest BCUT2D eigenvalue weighted by Crippen LogP contribution is -2.22. The Balaban J connectivity index is 2.07. The molecule has 0 amide bonds. The van der Waals surface area contributed by atoms with Crippen molar-refractivity contribution in [3.05, 3.63) is 75.1 Å². The van der Waals surface area contributed by atoms with Gasteiger partial charge in [0.15, 0.2) is 0 Å². The van der Waals surface area contributed by atoms with E-state index in [1.807, 2.05) is 12.1 Å². The molecule has 0 unspecified atom stereocenters. The molecule has 33 heavy (non-hydrogen) atoms. The van der Waals surface area contributed by atoms with Gasteiger partial charge in [0.25, 0.3) is 15.6 Å². The molecule has 0 saturated carbocycles. The molecule has 0 radical (unpaired) electrons. The second-order valence-electron chi connectivity index (χ2n) is 7.23. The van der Waals surface area contributed by atoms with Gasteiger partial charge in [-0.3, -0.25) is 19.1 Å². The van der Waals surface area contributed by atoms with Gasteiger partial charge in [0.2, 0.25) is 5.88 Å². The van der Waals surface area contributed by atoms with Crippen molar-refractivity contribution in [2.45, 2.75) is 18.7 Å². The average molecular weight is 467 g/mol. The topological polar surface area (TPSA) is 134 Å². The first-order chi connectivity index (χ1) is 15.6. The number of anilines is 1. The van der Waals surface area contributed by atoms with Crippen LogP contribution >= 0.6 is 0 Å². The van der Waals surface area contributed by atoms with Gasteiger partial charge < -0.3 is 9.84 Å². The van der Waals surface area contributed by atoms with Crippen LogP contribution < -0.4 is 15.0 Å². The zero-order valence-electron chi connectivity index (χ0n) is 18.4. The van der Waals surface area contributed by atoms with Gasteiger partial charge in [-0.15, -0.1) is 0 Å². The number of benzene rings is 2. The van der Waals surface area contributed by atoms with E-state index in [0.29, 0.717) is 11.4 Å². The second kappa shape index (κ2) is 9.18. The molecule has 1 aromatic heterocycles. The molecule has 0 aliphatic rings. The van der Waals surface area contributed by atoms with E-state index in [9.17, 15) is 23.6 Å². The van der Waals surface area contributed by atoms with E-state index in [-0.39, 0.29) is 33.2 Å². The highest BCUT2D eigenvalue weighted by Gasteiger charge is 2.19. The molecule has 0 aliphatic carbocycles. The number of nitrogens with one attached hydrogen (secondary N) is 1. The lowest BCUT2D eigenvalue weighted by molar-refractivity contribution is 0.415. The Morgan fingerprint density at radius 3 is 2.55 bits per heavy atom. The number of hydrogen-bond acceptors (Lipinski definition) is 7. The van der Waals surface area contributed by atoms with Crippen LogP contribution in [0.3, 0.4) is 0 Å². The Morgan fingerprint density at radius 2 is 1.91 bits per heavy atom.